The summed E-state index contributed by atoms with van der Waals surface area (Å²) in [6.45, 7) is 3.92. The maximum Gasteiger partial charge on any atom is 0.331 e. The summed E-state index contributed by atoms with van der Waals surface area (Å²) in [5.74, 6) is 8.03. The molecule has 1 unspecified atom stereocenters. The number of carbonyl (C=O) groups is 1. The number of ether oxygens (including phenoxy) is 1. The molecular weight excluding hydrogens is 372 g/mol. The van der Waals surface area contributed by atoms with Crippen LogP contribution in [0.4, 0.5) is 0 Å². The summed E-state index contributed by atoms with van der Waals surface area (Å²) in [6.07, 6.45) is 7.67. The highest BCUT2D eigenvalue weighted by Crippen LogP contribution is 2.56. The molecule has 1 atom stereocenters. The standard InChI is InChI=1S/C27H26O3/c1-17(26(28)29)13-20-6-3-19(4-7-20)5-8-21-14-23-18(2)16-27(11-12-27)30-25(23)24(15-21)22-9-10-22/h3-4,6-7,13-15,18,22H,9-12,16H2,1-2H3,(H,28,29)/b17-13+. The Morgan fingerprint density at radius 1 is 1.10 bits per heavy atom. The van der Waals surface area contributed by atoms with Crippen molar-refractivity contribution in [2.45, 2.75) is 63.4 Å². The van der Waals surface area contributed by atoms with E-state index in [9.17, 15) is 4.79 Å². The predicted octanol–water partition coefficient (Wildman–Crippen LogP) is 5.87. The molecule has 30 heavy (non-hydrogen) atoms. The van der Waals surface area contributed by atoms with E-state index in [-0.39, 0.29) is 5.60 Å². The Morgan fingerprint density at radius 2 is 1.77 bits per heavy atom. The summed E-state index contributed by atoms with van der Waals surface area (Å²) in [7, 11) is 0. The van der Waals surface area contributed by atoms with Gasteiger partial charge in [-0.1, -0.05) is 30.9 Å². The van der Waals surface area contributed by atoms with Gasteiger partial charge < -0.3 is 9.84 Å². The molecular formula is C27H26O3. The van der Waals surface area contributed by atoms with E-state index >= 15 is 0 Å². The van der Waals surface area contributed by atoms with Gasteiger partial charge in [-0.3, -0.25) is 0 Å². The van der Waals surface area contributed by atoms with E-state index in [0.717, 1.165) is 28.9 Å². The van der Waals surface area contributed by atoms with Gasteiger partial charge in [-0.05, 0) is 97.9 Å². The lowest BCUT2D eigenvalue weighted by Crippen LogP contribution is -2.27. The maximum absolute atomic E-state index is 11.0. The Morgan fingerprint density at radius 3 is 2.40 bits per heavy atom. The third-order valence-electron chi connectivity index (χ3n) is 6.48. The van der Waals surface area contributed by atoms with E-state index < -0.39 is 5.97 Å². The van der Waals surface area contributed by atoms with Crippen LogP contribution in [0.1, 0.15) is 85.6 Å². The molecule has 1 aliphatic heterocycles. The van der Waals surface area contributed by atoms with Crippen molar-refractivity contribution in [2.24, 2.45) is 0 Å². The fraction of sp³-hybridized carbons (Fsp3) is 0.370. The molecule has 2 aliphatic carbocycles. The van der Waals surface area contributed by atoms with Crippen LogP contribution in [0.25, 0.3) is 6.08 Å². The van der Waals surface area contributed by atoms with Crippen molar-refractivity contribution in [3.05, 3.63) is 69.8 Å². The molecule has 0 amide bonds. The van der Waals surface area contributed by atoms with Gasteiger partial charge in [0.05, 0.1) is 0 Å². The average Bonchev–Trinajstić information content (AvgIpc) is 3.65. The fourth-order valence-electron chi connectivity index (χ4n) is 4.42. The van der Waals surface area contributed by atoms with Gasteiger partial charge in [-0.2, -0.15) is 0 Å². The largest absolute Gasteiger partial charge is 0.487 e. The summed E-state index contributed by atoms with van der Waals surface area (Å²) >= 11 is 0. The number of hydrogen-bond donors (Lipinski definition) is 1. The molecule has 3 nitrogen and oxygen atoms in total. The van der Waals surface area contributed by atoms with Crippen LogP contribution in [0.3, 0.4) is 0 Å². The van der Waals surface area contributed by atoms with Crippen molar-refractivity contribution in [1.29, 1.82) is 0 Å². The number of rotatable bonds is 3. The second kappa shape index (κ2) is 7.06. The third-order valence-corrected chi connectivity index (χ3v) is 6.48. The SMILES string of the molecule is C/C(=C\c1ccc(C#Cc2cc3c(c(C4CC4)c2)OC2(CC2)CC3C)cc1)C(=O)O. The molecule has 0 radical (unpaired) electrons. The number of carboxylic acids is 1. The van der Waals surface area contributed by atoms with Gasteiger partial charge in [0.1, 0.15) is 11.4 Å². The highest BCUT2D eigenvalue weighted by molar-refractivity contribution is 5.91. The van der Waals surface area contributed by atoms with Crippen molar-refractivity contribution in [1.82, 2.24) is 0 Å². The van der Waals surface area contributed by atoms with Crippen LogP contribution in [-0.2, 0) is 4.79 Å². The van der Waals surface area contributed by atoms with Crippen molar-refractivity contribution in [3.63, 3.8) is 0 Å². The van der Waals surface area contributed by atoms with Crippen molar-refractivity contribution in [3.8, 4) is 17.6 Å². The zero-order chi connectivity index (χ0) is 20.9. The second-order valence-electron chi connectivity index (χ2n) is 9.15. The average molecular weight is 399 g/mol. The van der Waals surface area contributed by atoms with Gasteiger partial charge in [0, 0.05) is 16.7 Å². The quantitative estimate of drug-likeness (QED) is 0.519. The highest BCUT2D eigenvalue weighted by Gasteiger charge is 2.50. The molecule has 152 valence electrons. The first-order valence-corrected chi connectivity index (χ1v) is 10.8. The van der Waals surface area contributed by atoms with Crippen LogP contribution in [0.15, 0.2) is 42.0 Å². The lowest BCUT2D eigenvalue weighted by molar-refractivity contribution is -0.132. The van der Waals surface area contributed by atoms with Gasteiger partial charge in [-0.15, -0.1) is 0 Å². The topological polar surface area (TPSA) is 46.5 Å². The number of carboxylic acid groups (broad SMARTS) is 1. The summed E-state index contributed by atoms with van der Waals surface area (Å²) in [6, 6.07) is 12.2. The van der Waals surface area contributed by atoms with E-state index in [1.54, 1.807) is 13.0 Å². The number of hydrogen-bond acceptors (Lipinski definition) is 2. The number of aliphatic carboxylic acids is 1. The summed E-state index contributed by atoms with van der Waals surface area (Å²) in [5, 5.41) is 9.01. The molecule has 1 spiro atoms. The van der Waals surface area contributed by atoms with Gasteiger partial charge >= 0.3 is 5.97 Å². The number of fused-ring (bicyclic) bond motifs is 1. The molecule has 3 heteroatoms. The minimum Gasteiger partial charge on any atom is -0.487 e. The van der Waals surface area contributed by atoms with E-state index in [1.165, 1.54) is 36.8 Å². The van der Waals surface area contributed by atoms with Crippen LogP contribution < -0.4 is 4.74 Å². The zero-order valence-electron chi connectivity index (χ0n) is 17.5. The van der Waals surface area contributed by atoms with Gasteiger partial charge in [0.15, 0.2) is 0 Å². The molecule has 2 saturated carbocycles. The maximum atomic E-state index is 11.0. The van der Waals surface area contributed by atoms with Crippen LogP contribution in [-0.4, -0.2) is 16.7 Å². The Bertz CT molecular complexity index is 1090. The molecule has 0 saturated heterocycles. The van der Waals surface area contributed by atoms with Gasteiger partial charge in [0.25, 0.3) is 0 Å². The van der Waals surface area contributed by atoms with Crippen LogP contribution in [0.2, 0.25) is 0 Å². The van der Waals surface area contributed by atoms with Crippen LogP contribution in [0.5, 0.6) is 5.75 Å². The molecule has 2 aromatic rings. The summed E-state index contributed by atoms with van der Waals surface area (Å²) in [4.78, 5) is 11.0. The van der Waals surface area contributed by atoms with Crippen LogP contribution >= 0.6 is 0 Å². The molecule has 5 rings (SSSR count). The second-order valence-corrected chi connectivity index (χ2v) is 9.15. The Hall–Kier alpha value is -2.99. The Kier molecular flexibility index (Phi) is 4.47. The summed E-state index contributed by atoms with van der Waals surface area (Å²) < 4.78 is 6.52. The Balaban J connectivity index is 1.43. The molecule has 0 bridgehead atoms. The van der Waals surface area contributed by atoms with E-state index in [0.29, 0.717) is 17.4 Å². The smallest absolute Gasteiger partial charge is 0.331 e. The molecule has 2 aromatic carbocycles. The first-order valence-electron chi connectivity index (χ1n) is 10.8. The van der Waals surface area contributed by atoms with Crippen molar-refractivity contribution < 1.29 is 14.6 Å². The monoisotopic (exact) mass is 398 g/mol. The van der Waals surface area contributed by atoms with Crippen LogP contribution in [0, 0.1) is 11.8 Å². The van der Waals surface area contributed by atoms with Gasteiger partial charge in [-0.25, -0.2) is 4.79 Å². The Labute approximate surface area is 177 Å². The van der Waals surface area contributed by atoms with Crippen molar-refractivity contribution >= 4 is 12.0 Å². The summed E-state index contributed by atoms with van der Waals surface area (Å²) in [5.41, 5.74) is 5.98. The van der Waals surface area contributed by atoms with E-state index in [1.807, 2.05) is 24.3 Å². The van der Waals surface area contributed by atoms with Gasteiger partial charge in [0.2, 0.25) is 0 Å². The fourth-order valence-corrected chi connectivity index (χ4v) is 4.42. The lowest BCUT2D eigenvalue weighted by Gasteiger charge is -2.32. The molecule has 1 heterocycles. The molecule has 1 N–H and O–H groups in total. The first kappa shape index (κ1) is 19.0. The zero-order valence-corrected chi connectivity index (χ0v) is 17.5. The molecule has 2 fully saturated rings. The number of benzene rings is 2. The minimum absolute atomic E-state index is 0.123. The molecule has 3 aliphatic rings. The third kappa shape index (κ3) is 3.75. The molecule has 0 aromatic heterocycles. The van der Waals surface area contributed by atoms with E-state index in [4.69, 9.17) is 9.84 Å². The normalized spacial score (nSPS) is 21.3. The minimum atomic E-state index is -0.899. The van der Waals surface area contributed by atoms with Crippen molar-refractivity contribution in [2.75, 3.05) is 0 Å². The van der Waals surface area contributed by atoms with E-state index in [2.05, 4.69) is 30.9 Å². The predicted molar refractivity (Wildman–Crippen MR) is 118 cm³/mol. The highest BCUT2D eigenvalue weighted by atomic mass is 16.5. The first-order chi connectivity index (χ1) is 14.4. The lowest BCUT2D eigenvalue weighted by atomic mass is 9.86.